The van der Waals surface area contributed by atoms with E-state index in [0.29, 0.717) is 6.61 Å². The quantitative estimate of drug-likeness (QED) is 0.861. The molecule has 0 saturated carbocycles. The largest absolute Gasteiger partial charge is 0.365 e. The van der Waals surface area contributed by atoms with Crippen molar-refractivity contribution in [2.24, 2.45) is 0 Å². The Hall–Kier alpha value is -1.24. The van der Waals surface area contributed by atoms with Crippen molar-refractivity contribution in [3.8, 4) is 10.7 Å². The van der Waals surface area contributed by atoms with Crippen LogP contribution < -0.4 is 5.32 Å². The SMILES string of the molecule is CC1(OCc2nc(-c3cccs3)n[nH]2)CNC1. The van der Waals surface area contributed by atoms with Crippen molar-refractivity contribution >= 4 is 11.3 Å². The zero-order valence-corrected chi connectivity index (χ0v) is 10.4. The van der Waals surface area contributed by atoms with Gasteiger partial charge >= 0.3 is 0 Å². The monoisotopic (exact) mass is 250 g/mol. The van der Waals surface area contributed by atoms with Gasteiger partial charge in [-0.2, -0.15) is 5.10 Å². The van der Waals surface area contributed by atoms with Gasteiger partial charge in [-0.25, -0.2) is 4.98 Å². The molecule has 3 heterocycles. The Kier molecular flexibility index (Phi) is 2.70. The molecule has 5 nitrogen and oxygen atoms in total. The zero-order chi connectivity index (χ0) is 11.7. The molecule has 3 rings (SSSR count). The first-order valence-electron chi connectivity index (χ1n) is 5.55. The van der Waals surface area contributed by atoms with E-state index >= 15 is 0 Å². The molecule has 1 fully saturated rings. The minimum absolute atomic E-state index is 0.0457. The third-order valence-electron chi connectivity index (χ3n) is 2.83. The second-order valence-corrected chi connectivity index (χ2v) is 5.37. The van der Waals surface area contributed by atoms with Crippen molar-refractivity contribution < 1.29 is 4.74 Å². The zero-order valence-electron chi connectivity index (χ0n) is 9.56. The summed E-state index contributed by atoms with van der Waals surface area (Å²) in [6.07, 6.45) is 0. The van der Waals surface area contributed by atoms with Crippen LogP contribution in [0, 0.1) is 0 Å². The fraction of sp³-hybridized carbons (Fsp3) is 0.455. The van der Waals surface area contributed by atoms with Crippen LogP contribution >= 0.6 is 11.3 Å². The summed E-state index contributed by atoms with van der Waals surface area (Å²) in [5.41, 5.74) is -0.0457. The molecule has 0 atom stereocenters. The van der Waals surface area contributed by atoms with Crippen LogP contribution in [0.25, 0.3) is 10.7 Å². The fourth-order valence-corrected chi connectivity index (χ4v) is 2.36. The summed E-state index contributed by atoms with van der Waals surface area (Å²) in [5, 5.41) is 12.3. The van der Waals surface area contributed by atoms with Gasteiger partial charge in [0.25, 0.3) is 0 Å². The van der Waals surface area contributed by atoms with E-state index in [4.69, 9.17) is 4.74 Å². The van der Waals surface area contributed by atoms with Crippen molar-refractivity contribution in [3.63, 3.8) is 0 Å². The van der Waals surface area contributed by atoms with Crippen LogP contribution in [0.1, 0.15) is 12.7 Å². The van der Waals surface area contributed by atoms with E-state index in [1.807, 2.05) is 17.5 Å². The number of ether oxygens (including phenoxy) is 1. The molecule has 2 N–H and O–H groups in total. The Morgan fingerprint density at radius 1 is 1.53 bits per heavy atom. The fourth-order valence-electron chi connectivity index (χ4n) is 1.70. The molecule has 6 heteroatoms. The number of thiophene rings is 1. The maximum atomic E-state index is 5.79. The van der Waals surface area contributed by atoms with Gasteiger partial charge in [0.1, 0.15) is 6.61 Å². The van der Waals surface area contributed by atoms with Gasteiger partial charge in [0.15, 0.2) is 11.6 Å². The molecule has 0 aromatic carbocycles. The predicted molar refractivity (Wildman–Crippen MR) is 65.8 cm³/mol. The lowest BCUT2D eigenvalue weighted by Crippen LogP contribution is -2.58. The van der Waals surface area contributed by atoms with Gasteiger partial charge in [-0.3, -0.25) is 5.10 Å². The van der Waals surface area contributed by atoms with Crippen LogP contribution in [-0.4, -0.2) is 33.9 Å². The van der Waals surface area contributed by atoms with Crippen molar-refractivity contribution in [2.45, 2.75) is 19.1 Å². The van der Waals surface area contributed by atoms with Crippen LogP contribution in [0.3, 0.4) is 0 Å². The van der Waals surface area contributed by atoms with E-state index in [9.17, 15) is 0 Å². The summed E-state index contributed by atoms with van der Waals surface area (Å²) >= 11 is 1.63. The van der Waals surface area contributed by atoms with Crippen LogP contribution in [0.15, 0.2) is 17.5 Å². The summed E-state index contributed by atoms with van der Waals surface area (Å²) in [6.45, 7) is 4.38. The van der Waals surface area contributed by atoms with E-state index < -0.39 is 0 Å². The molecule has 2 aromatic heterocycles. The van der Waals surface area contributed by atoms with Gasteiger partial charge in [-0.15, -0.1) is 11.3 Å². The highest BCUT2D eigenvalue weighted by Crippen LogP contribution is 2.21. The molecule has 0 aliphatic carbocycles. The molecule has 0 unspecified atom stereocenters. The van der Waals surface area contributed by atoms with E-state index in [-0.39, 0.29) is 5.60 Å². The second-order valence-electron chi connectivity index (χ2n) is 4.43. The normalized spacial score (nSPS) is 17.9. The van der Waals surface area contributed by atoms with Crippen molar-refractivity contribution in [1.82, 2.24) is 20.5 Å². The number of hydrogen-bond acceptors (Lipinski definition) is 5. The first kappa shape index (κ1) is 10.9. The Morgan fingerprint density at radius 3 is 3.06 bits per heavy atom. The standard InChI is InChI=1S/C11H14N4OS/c1-11(6-12-7-11)16-5-9-13-10(15-14-9)8-3-2-4-17-8/h2-4,12H,5-7H2,1H3,(H,13,14,15). The van der Waals surface area contributed by atoms with Crippen LogP contribution in [0.2, 0.25) is 0 Å². The highest BCUT2D eigenvalue weighted by atomic mass is 32.1. The predicted octanol–water partition coefficient (Wildman–Crippen LogP) is 1.41. The summed E-state index contributed by atoms with van der Waals surface area (Å²) in [7, 11) is 0. The van der Waals surface area contributed by atoms with E-state index in [1.54, 1.807) is 11.3 Å². The molecule has 0 bridgehead atoms. The number of H-pyrrole nitrogens is 1. The number of rotatable bonds is 4. The van der Waals surface area contributed by atoms with Gasteiger partial charge in [-0.1, -0.05) is 6.07 Å². The Balaban J connectivity index is 1.65. The molecule has 2 aromatic rings. The molecular weight excluding hydrogens is 236 g/mol. The number of nitrogens with one attached hydrogen (secondary N) is 2. The smallest absolute Gasteiger partial charge is 0.191 e. The first-order valence-corrected chi connectivity index (χ1v) is 6.43. The lowest BCUT2D eigenvalue weighted by atomic mass is 10.0. The molecule has 17 heavy (non-hydrogen) atoms. The molecule has 0 amide bonds. The Bertz CT molecular complexity index is 489. The van der Waals surface area contributed by atoms with Crippen molar-refractivity contribution in [1.29, 1.82) is 0 Å². The maximum absolute atomic E-state index is 5.79. The average Bonchev–Trinajstić information content (AvgIpc) is 2.93. The van der Waals surface area contributed by atoms with Crippen LogP contribution in [0.4, 0.5) is 0 Å². The highest BCUT2D eigenvalue weighted by Gasteiger charge is 2.32. The highest BCUT2D eigenvalue weighted by molar-refractivity contribution is 7.13. The lowest BCUT2D eigenvalue weighted by molar-refractivity contribution is -0.0789. The van der Waals surface area contributed by atoms with Crippen LogP contribution in [-0.2, 0) is 11.3 Å². The van der Waals surface area contributed by atoms with E-state index in [1.165, 1.54) is 0 Å². The summed E-state index contributed by atoms with van der Waals surface area (Å²) in [5.74, 6) is 1.53. The molecule has 90 valence electrons. The maximum Gasteiger partial charge on any atom is 0.191 e. The van der Waals surface area contributed by atoms with Crippen molar-refractivity contribution in [2.75, 3.05) is 13.1 Å². The van der Waals surface area contributed by atoms with E-state index in [2.05, 4.69) is 27.4 Å². The minimum Gasteiger partial charge on any atom is -0.365 e. The Labute approximate surface area is 103 Å². The average molecular weight is 250 g/mol. The molecule has 1 aliphatic rings. The Morgan fingerprint density at radius 2 is 2.41 bits per heavy atom. The van der Waals surface area contributed by atoms with Gasteiger partial charge < -0.3 is 10.1 Å². The topological polar surface area (TPSA) is 62.8 Å². The summed E-state index contributed by atoms with van der Waals surface area (Å²) in [4.78, 5) is 5.49. The summed E-state index contributed by atoms with van der Waals surface area (Å²) < 4.78 is 5.79. The van der Waals surface area contributed by atoms with Gasteiger partial charge in [-0.05, 0) is 18.4 Å². The number of hydrogen-bond donors (Lipinski definition) is 2. The third-order valence-corrected chi connectivity index (χ3v) is 3.69. The minimum atomic E-state index is -0.0457. The van der Waals surface area contributed by atoms with Gasteiger partial charge in [0.05, 0.1) is 10.5 Å². The lowest BCUT2D eigenvalue weighted by Gasteiger charge is -2.38. The third kappa shape index (κ3) is 2.24. The van der Waals surface area contributed by atoms with E-state index in [0.717, 1.165) is 29.6 Å². The summed E-state index contributed by atoms with van der Waals surface area (Å²) in [6, 6.07) is 4.00. The molecule has 0 spiro atoms. The number of nitrogens with zero attached hydrogens (tertiary/aromatic N) is 2. The molecule has 0 radical (unpaired) electrons. The number of aromatic nitrogens is 3. The molecule has 1 aliphatic heterocycles. The first-order chi connectivity index (χ1) is 8.25. The van der Waals surface area contributed by atoms with Gasteiger partial charge in [0.2, 0.25) is 0 Å². The molecular formula is C11H14N4OS. The number of aromatic amines is 1. The van der Waals surface area contributed by atoms with Crippen molar-refractivity contribution in [3.05, 3.63) is 23.3 Å². The van der Waals surface area contributed by atoms with Crippen LogP contribution in [0.5, 0.6) is 0 Å². The van der Waals surface area contributed by atoms with Gasteiger partial charge in [0, 0.05) is 13.1 Å². The second kappa shape index (κ2) is 4.21. The molecule has 1 saturated heterocycles.